The van der Waals surface area contributed by atoms with Gasteiger partial charge in [-0.1, -0.05) is 48.5 Å². The highest BCUT2D eigenvalue weighted by atomic mass is 16.5. The third kappa shape index (κ3) is 5.29. The minimum Gasteiger partial charge on any atom is -0.449 e. The molecule has 1 saturated heterocycles. The number of rotatable bonds is 6. The molecule has 1 fully saturated rings. The number of hydrogen-bond acceptors (Lipinski definition) is 4. The van der Waals surface area contributed by atoms with Crippen LogP contribution in [-0.4, -0.2) is 44.3 Å². The molecular weight excluding hydrogens is 392 g/mol. The highest BCUT2D eigenvalue weighted by Gasteiger charge is 2.20. The number of quaternary nitrogens is 1. The highest BCUT2D eigenvalue weighted by Crippen LogP contribution is 2.23. The van der Waals surface area contributed by atoms with Crippen LogP contribution in [0.25, 0.3) is 10.8 Å². The molecule has 0 unspecified atom stereocenters. The van der Waals surface area contributed by atoms with Gasteiger partial charge in [-0.2, -0.15) is 0 Å². The summed E-state index contributed by atoms with van der Waals surface area (Å²) in [6, 6.07) is 20.9. The van der Waals surface area contributed by atoms with Crippen molar-refractivity contribution in [2.24, 2.45) is 0 Å². The van der Waals surface area contributed by atoms with Crippen molar-refractivity contribution in [2.45, 2.75) is 19.6 Å². The number of esters is 1. The van der Waals surface area contributed by atoms with E-state index in [9.17, 15) is 9.59 Å². The van der Waals surface area contributed by atoms with Gasteiger partial charge < -0.3 is 19.7 Å². The van der Waals surface area contributed by atoms with Gasteiger partial charge in [0.05, 0.1) is 18.8 Å². The Labute approximate surface area is 181 Å². The van der Waals surface area contributed by atoms with Crippen LogP contribution < -0.4 is 10.2 Å². The number of fused-ring (bicyclic) bond motifs is 1. The summed E-state index contributed by atoms with van der Waals surface area (Å²) in [6.07, 6.45) is -0.913. The summed E-state index contributed by atoms with van der Waals surface area (Å²) in [5.41, 5.74) is 2.29. The van der Waals surface area contributed by atoms with Crippen LogP contribution in [-0.2, 0) is 20.8 Å². The van der Waals surface area contributed by atoms with E-state index in [-0.39, 0.29) is 5.91 Å². The van der Waals surface area contributed by atoms with E-state index in [1.165, 1.54) is 4.90 Å². The molecule has 3 aromatic carbocycles. The molecule has 3 aromatic rings. The van der Waals surface area contributed by atoms with Gasteiger partial charge in [-0.15, -0.1) is 0 Å². The molecule has 6 nitrogen and oxygen atoms in total. The first-order valence-corrected chi connectivity index (χ1v) is 10.6. The molecule has 31 heavy (non-hydrogen) atoms. The van der Waals surface area contributed by atoms with E-state index < -0.39 is 12.1 Å². The lowest BCUT2D eigenvalue weighted by molar-refractivity contribution is -0.921. The summed E-state index contributed by atoms with van der Waals surface area (Å²) >= 11 is 0. The van der Waals surface area contributed by atoms with E-state index in [0.717, 1.165) is 49.2 Å². The van der Waals surface area contributed by atoms with Crippen molar-refractivity contribution in [1.29, 1.82) is 0 Å². The number of morpholine rings is 1. The van der Waals surface area contributed by atoms with Crippen LogP contribution in [0.3, 0.4) is 0 Å². The van der Waals surface area contributed by atoms with Gasteiger partial charge in [0.25, 0.3) is 5.91 Å². The fourth-order valence-electron chi connectivity index (χ4n) is 3.74. The molecule has 6 heteroatoms. The lowest BCUT2D eigenvalue weighted by atomic mass is 10.1. The smallest absolute Gasteiger partial charge is 0.338 e. The summed E-state index contributed by atoms with van der Waals surface area (Å²) in [6.45, 7) is 6.05. The normalized spacial score (nSPS) is 15.4. The minimum absolute atomic E-state index is 0.364. The van der Waals surface area contributed by atoms with E-state index >= 15 is 0 Å². The van der Waals surface area contributed by atoms with Crippen LogP contribution in [0.4, 0.5) is 5.69 Å². The van der Waals surface area contributed by atoms with Crippen LogP contribution in [0.5, 0.6) is 0 Å². The van der Waals surface area contributed by atoms with Gasteiger partial charge in [0.15, 0.2) is 6.10 Å². The average Bonchev–Trinajstić information content (AvgIpc) is 2.80. The maximum Gasteiger partial charge on any atom is 0.338 e. The number of amides is 1. The fourth-order valence-corrected chi connectivity index (χ4v) is 3.74. The van der Waals surface area contributed by atoms with Gasteiger partial charge >= 0.3 is 5.97 Å². The molecule has 1 aliphatic heterocycles. The first kappa shape index (κ1) is 21.0. The molecular formula is C25H27N2O4+. The average molecular weight is 420 g/mol. The molecule has 4 rings (SSSR count). The van der Waals surface area contributed by atoms with Crippen molar-refractivity contribution in [3.63, 3.8) is 0 Å². The maximum atomic E-state index is 12.6. The van der Waals surface area contributed by atoms with Crippen LogP contribution in [0.2, 0.25) is 0 Å². The zero-order valence-electron chi connectivity index (χ0n) is 17.6. The Kier molecular flexibility index (Phi) is 6.60. The standard InChI is InChI=1S/C25H26N2O4/c1-18(24(28)26-23-8-4-6-20-5-2-3-7-22(20)23)31-25(29)21-11-9-19(10-12-21)17-27-13-15-30-16-14-27/h2-12,18H,13-17H2,1H3,(H,26,28)/p+1/t18-/m0/s1. The number of benzene rings is 3. The number of hydrogen-bond donors (Lipinski definition) is 2. The van der Waals surface area contributed by atoms with Crippen LogP contribution in [0.1, 0.15) is 22.8 Å². The molecule has 0 bridgehead atoms. The molecule has 0 aliphatic carbocycles. The lowest BCUT2D eigenvalue weighted by Gasteiger charge is -2.23. The predicted molar refractivity (Wildman–Crippen MR) is 119 cm³/mol. The Morgan fingerprint density at radius 2 is 1.71 bits per heavy atom. The first-order valence-electron chi connectivity index (χ1n) is 10.6. The van der Waals surface area contributed by atoms with Gasteiger partial charge in [-0.05, 0) is 30.5 Å². The summed E-state index contributed by atoms with van der Waals surface area (Å²) in [5, 5.41) is 4.84. The SMILES string of the molecule is C[C@H](OC(=O)c1ccc(C[NH+]2CCOCC2)cc1)C(=O)Nc1cccc2ccccc12. The van der Waals surface area contributed by atoms with Crippen molar-refractivity contribution in [1.82, 2.24) is 0 Å². The second kappa shape index (κ2) is 9.73. The summed E-state index contributed by atoms with van der Waals surface area (Å²) in [5.74, 6) is -0.872. The molecule has 0 radical (unpaired) electrons. The molecule has 1 heterocycles. The number of ether oxygens (including phenoxy) is 2. The third-order valence-corrected chi connectivity index (χ3v) is 5.54. The van der Waals surface area contributed by atoms with Gasteiger partial charge in [0, 0.05) is 16.6 Å². The van der Waals surface area contributed by atoms with Crippen molar-refractivity contribution < 1.29 is 24.0 Å². The number of carbonyl (C=O) groups is 2. The Bertz CT molecular complexity index is 1050. The third-order valence-electron chi connectivity index (χ3n) is 5.54. The number of nitrogens with one attached hydrogen (secondary N) is 2. The monoisotopic (exact) mass is 419 g/mol. The minimum atomic E-state index is -0.913. The van der Waals surface area contributed by atoms with Crippen LogP contribution >= 0.6 is 0 Å². The predicted octanol–water partition coefficient (Wildman–Crippen LogP) is 2.44. The van der Waals surface area contributed by atoms with E-state index in [1.807, 2.05) is 54.6 Å². The summed E-state index contributed by atoms with van der Waals surface area (Å²) in [7, 11) is 0. The van der Waals surface area contributed by atoms with Gasteiger partial charge in [0.2, 0.25) is 0 Å². The Morgan fingerprint density at radius 1 is 1.00 bits per heavy atom. The van der Waals surface area contributed by atoms with Crippen molar-refractivity contribution >= 4 is 28.3 Å². The molecule has 1 atom stereocenters. The second-order valence-electron chi connectivity index (χ2n) is 7.80. The molecule has 0 saturated carbocycles. The molecule has 0 spiro atoms. The van der Waals surface area contributed by atoms with E-state index in [2.05, 4.69) is 5.32 Å². The summed E-state index contributed by atoms with van der Waals surface area (Å²) in [4.78, 5) is 26.6. The van der Waals surface area contributed by atoms with Crippen molar-refractivity contribution in [3.05, 3.63) is 77.9 Å². The largest absolute Gasteiger partial charge is 0.449 e. The van der Waals surface area contributed by atoms with Crippen LogP contribution in [0.15, 0.2) is 66.7 Å². The van der Waals surface area contributed by atoms with E-state index in [4.69, 9.17) is 9.47 Å². The first-order chi connectivity index (χ1) is 15.1. The van der Waals surface area contributed by atoms with E-state index in [0.29, 0.717) is 11.3 Å². The topological polar surface area (TPSA) is 69.1 Å². The molecule has 0 aromatic heterocycles. The highest BCUT2D eigenvalue weighted by molar-refractivity contribution is 6.04. The maximum absolute atomic E-state index is 12.6. The zero-order chi connectivity index (χ0) is 21.6. The zero-order valence-corrected chi connectivity index (χ0v) is 17.6. The second-order valence-corrected chi connectivity index (χ2v) is 7.80. The Morgan fingerprint density at radius 3 is 2.48 bits per heavy atom. The molecule has 160 valence electrons. The molecule has 2 N–H and O–H groups in total. The van der Waals surface area contributed by atoms with Gasteiger partial charge in [0.1, 0.15) is 19.6 Å². The van der Waals surface area contributed by atoms with Crippen molar-refractivity contribution in [3.8, 4) is 0 Å². The number of anilines is 1. The lowest BCUT2D eigenvalue weighted by Crippen LogP contribution is -3.12. The van der Waals surface area contributed by atoms with Gasteiger partial charge in [-0.25, -0.2) is 4.79 Å². The Balaban J connectivity index is 1.34. The fraction of sp³-hybridized carbons (Fsp3) is 0.280. The molecule has 1 amide bonds. The van der Waals surface area contributed by atoms with Crippen molar-refractivity contribution in [2.75, 3.05) is 31.6 Å². The molecule has 1 aliphatic rings. The quantitative estimate of drug-likeness (QED) is 0.603. The van der Waals surface area contributed by atoms with Crippen LogP contribution in [0, 0.1) is 0 Å². The van der Waals surface area contributed by atoms with Gasteiger partial charge in [-0.3, -0.25) is 4.79 Å². The Hall–Kier alpha value is -3.22. The number of carbonyl (C=O) groups excluding carboxylic acids is 2. The summed E-state index contributed by atoms with van der Waals surface area (Å²) < 4.78 is 10.8. The van der Waals surface area contributed by atoms with E-state index in [1.54, 1.807) is 19.1 Å².